The average Bonchev–Trinajstić information content (AvgIpc) is 2.64. The van der Waals surface area contributed by atoms with Crippen molar-refractivity contribution in [1.82, 2.24) is 0 Å². The van der Waals surface area contributed by atoms with Gasteiger partial charge < -0.3 is 14.8 Å². The van der Waals surface area contributed by atoms with E-state index in [2.05, 4.69) is 5.32 Å². The predicted octanol–water partition coefficient (Wildman–Crippen LogP) is 4.66. The van der Waals surface area contributed by atoms with E-state index in [4.69, 9.17) is 4.42 Å². The summed E-state index contributed by atoms with van der Waals surface area (Å²) in [6.45, 7) is 4.02. The standard InChI is InChI=1S/C23H25NO4/c1-15(2)13-21(25)24-17-9-5-7-16(14-17)8-6-11-19-22(26)18-10-3-4-12-20(18)28-23(19)27/h3-5,7,9-10,12,14-15,26H,6,8,11,13H2,1-2H3,(H,24,25). The first kappa shape index (κ1) is 19.7. The fraction of sp³-hybridized carbons (Fsp3) is 0.304. The van der Waals surface area contributed by atoms with Gasteiger partial charge in [0, 0.05) is 12.1 Å². The summed E-state index contributed by atoms with van der Waals surface area (Å²) in [4.78, 5) is 24.1. The smallest absolute Gasteiger partial charge is 0.343 e. The first-order valence-corrected chi connectivity index (χ1v) is 9.56. The van der Waals surface area contributed by atoms with E-state index >= 15 is 0 Å². The van der Waals surface area contributed by atoms with Gasteiger partial charge in [-0.15, -0.1) is 0 Å². The van der Waals surface area contributed by atoms with Crippen LogP contribution in [-0.2, 0) is 17.6 Å². The van der Waals surface area contributed by atoms with Crippen LogP contribution in [0, 0.1) is 5.92 Å². The second-order valence-corrected chi connectivity index (χ2v) is 7.41. The minimum absolute atomic E-state index is 0.00143. The van der Waals surface area contributed by atoms with Crippen LogP contribution in [-0.4, -0.2) is 11.0 Å². The van der Waals surface area contributed by atoms with E-state index in [1.807, 2.05) is 38.1 Å². The van der Waals surface area contributed by atoms with Crippen LogP contribution in [0.2, 0.25) is 0 Å². The molecule has 5 nitrogen and oxygen atoms in total. The molecule has 0 unspecified atom stereocenters. The van der Waals surface area contributed by atoms with E-state index in [1.54, 1.807) is 24.3 Å². The topological polar surface area (TPSA) is 79.5 Å². The van der Waals surface area contributed by atoms with E-state index in [-0.39, 0.29) is 11.7 Å². The SMILES string of the molecule is CC(C)CC(=O)Nc1cccc(CCCc2c(O)c3ccccc3oc2=O)c1. The summed E-state index contributed by atoms with van der Waals surface area (Å²) in [6.07, 6.45) is 2.31. The van der Waals surface area contributed by atoms with Gasteiger partial charge in [0.1, 0.15) is 11.3 Å². The number of amides is 1. The number of anilines is 1. The lowest BCUT2D eigenvalue weighted by Gasteiger charge is -2.09. The monoisotopic (exact) mass is 379 g/mol. The maximum atomic E-state index is 12.2. The van der Waals surface area contributed by atoms with Gasteiger partial charge in [0.2, 0.25) is 5.91 Å². The number of nitrogens with one attached hydrogen (secondary N) is 1. The molecule has 3 aromatic rings. The molecule has 2 aromatic carbocycles. The number of aromatic hydroxyl groups is 1. The molecule has 0 radical (unpaired) electrons. The molecule has 3 rings (SSSR count). The Hall–Kier alpha value is -3.08. The van der Waals surface area contributed by atoms with Gasteiger partial charge in [-0.1, -0.05) is 38.1 Å². The van der Waals surface area contributed by atoms with Crippen LogP contribution in [0.25, 0.3) is 11.0 Å². The second kappa shape index (κ2) is 8.74. The van der Waals surface area contributed by atoms with E-state index in [1.165, 1.54) is 0 Å². The van der Waals surface area contributed by atoms with Gasteiger partial charge in [0.25, 0.3) is 0 Å². The fourth-order valence-corrected chi connectivity index (χ4v) is 3.25. The lowest BCUT2D eigenvalue weighted by atomic mass is 10.0. The van der Waals surface area contributed by atoms with E-state index in [0.717, 1.165) is 17.7 Å². The van der Waals surface area contributed by atoms with Crippen LogP contribution < -0.4 is 10.9 Å². The second-order valence-electron chi connectivity index (χ2n) is 7.41. The van der Waals surface area contributed by atoms with Crippen molar-refractivity contribution < 1.29 is 14.3 Å². The lowest BCUT2D eigenvalue weighted by molar-refractivity contribution is -0.116. The number of benzene rings is 2. The number of hydrogen-bond acceptors (Lipinski definition) is 4. The predicted molar refractivity (Wildman–Crippen MR) is 111 cm³/mol. The zero-order chi connectivity index (χ0) is 20.1. The molecule has 0 aliphatic carbocycles. The molecule has 0 fully saturated rings. The Morgan fingerprint density at radius 3 is 2.68 bits per heavy atom. The van der Waals surface area contributed by atoms with Crippen LogP contribution in [0.4, 0.5) is 5.69 Å². The minimum atomic E-state index is -0.495. The highest BCUT2D eigenvalue weighted by atomic mass is 16.4. The molecule has 0 spiro atoms. The summed E-state index contributed by atoms with van der Waals surface area (Å²) in [6, 6.07) is 14.7. The van der Waals surface area contributed by atoms with Crippen LogP contribution in [0.3, 0.4) is 0 Å². The number of carbonyl (C=O) groups excluding carboxylic acids is 1. The number of carbonyl (C=O) groups is 1. The van der Waals surface area contributed by atoms with Crippen molar-refractivity contribution in [2.24, 2.45) is 5.92 Å². The minimum Gasteiger partial charge on any atom is -0.507 e. The molecule has 28 heavy (non-hydrogen) atoms. The van der Waals surface area contributed by atoms with Crippen LogP contribution in [0.15, 0.2) is 57.7 Å². The molecule has 1 amide bonds. The Labute approximate surface area is 164 Å². The molecule has 0 bridgehead atoms. The van der Waals surface area contributed by atoms with E-state index < -0.39 is 5.63 Å². The van der Waals surface area contributed by atoms with Crippen molar-refractivity contribution in [2.45, 2.75) is 39.5 Å². The van der Waals surface area contributed by atoms with E-state index in [9.17, 15) is 14.7 Å². The van der Waals surface area contributed by atoms with Gasteiger partial charge in [0.15, 0.2) is 0 Å². The number of para-hydroxylation sites is 1. The summed E-state index contributed by atoms with van der Waals surface area (Å²) in [5.41, 5.74) is 2.04. The zero-order valence-corrected chi connectivity index (χ0v) is 16.2. The summed E-state index contributed by atoms with van der Waals surface area (Å²) in [5, 5.41) is 13.9. The van der Waals surface area contributed by atoms with Crippen molar-refractivity contribution in [2.75, 3.05) is 5.32 Å². The Balaban J connectivity index is 1.66. The maximum absolute atomic E-state index is 12.2. The molecule has 1 heterocycles. The normalized spacial score (nSPS) is 11.1. The van der Waals surface area contributed by atoms with E-state index in [0.29, 0.717) is 41.7 Å². The van der Waals surface area contributed by atoms with Crippen LogP contribution in [0.1, 0.15) is 37.8 Å². The van der Waals surface area contributed by atoms with Gasteiger partial charge >= 0.3 is 5.63 Å². The summed E-state index contributed by atoms with van der Waals surface area (Å²) >= 11 is 0. The molecule has 0 saturated heterocycles. The molecule has 5 heteroatoms. The van der Waals surface area contributed by atoms with Crippen molar-refractivity contribution in [3.05, 3.63) is 70.1 Å². The first-order valence-electron chi connectivity index (χ1n) is 9.56. The number of aryl methyl sites for hydroxylation is 1. The van der Waals surface area contributed by atoms with Crippen molar-refractivity contribution in [3.8, 4) is 5.75 Å². The fourth-order valence-electron chi connectivity index (χ4n) is 3.25. The molecule has 1 aromatic heterocycles. The highest BCUT2D eigenvalue weighted by Gasteiger charge is 2.13. The Morgan fingerprint density at radius 2 is 1.89 bits per heavy atom. The third kappa shape index (κ3) is 4.80. The van der Waals surface area contributed by atoms with Crippen molar-refractivity contribution in [1.29, 1.82) is 0 Å². The maximum Gasteiger partial charge on any atom is 0.343 e. The molecular weight excluding hydrogens is 354 g/mol. The molecule has 0 aliphatic rings. The molecule has 146 valence electrons. The summed E-state index contributed by atoms with van der Waals surface area (Å²) in [5.74, 6) is 0.317. The summed E-state index contributed by atoms with van der Waals surface area (Å²) < 4.78 is 5.31. The van der Waals surface area contributed by atoms with Gasteiger partial charge in [0.05, 0.1) is 10.9 Å². The van der Waals surface area contributed by atoms with Crippen LogP contribution >= 0.6 is 0 Å². The highest BCUT2D eigenvalue weighted by molar-refractivity contribution is 5.90. The molecule has 0 aliphatic heterocycles. The number of rotatable bonds is 7. The zero-order valence-electron chi connectivity index (χ0n) is 16.2. The van der Waals surface area contributed by atoms with Gasteiger partial charge in [-0.3, -0.25) is 4.79 Å². The Bertz CT molecular complexity index is 1040. The number of fused-ring (bicyclic) bond motifs is 1. The van der Waals surface area contributed by atoms with Gasteiger partial charge in [-0.2, -0.15) is 0 Å². The Morgan fingerprint density at radius 1 is 1.11 bits per heavy atom. The largest absolute Gasteiger partial charge is 0.507 e. The average molecular weight is 379 g/mol. The Kier molecular flexibility index (Phi) is 6.14. The quantitative estimate of drug-likeness (QED) is 0.585. The highest BCUT2D eigenvalue weighted by Crippen LogP contribution is 2.27. The molecule has 0 atom stereocenters. The number of hydrogen-bond donors (Lipinski definition) is 2. The third-order valence-electron chi connectivity index (χ3n) is 4.57. The molecule has 2 N–H and O–H groups in total. The summed E-state index contributed by atoms with van der Waals surface area (Å²) in [7, 11) is 0. The van der Waals surface area contributed by atoms with Gasteiger partial charge in [-0.05, 0) is 55.0 Å². The molecule has 0 saturated carbocycles. The van der Waals surface area contributed by atoms with Crippen molar-refractivity contribution in [3.63, 3.8) is 0 Å². The molecular formula is C23H25NO4. The first-order chi connectivity index (χ1) is 13.4. The third-order valence-corrected chi connectivity index (χ3v) is 4.57. The van der Waals surface area contributed by atoms with Crippen LogP contribution in [0.5, 0.6) is 5.75 Å². The lowest BCUT2D eigenvalue weighted by Crippen LogP contribution is -2.13. The van der Waals surface area contributed by atoms with Crippen molar-refractivity contribution >= 4 is 22.6 Å². The van der Waals surface area contributed by atoms with Gasteiger partial charge in [-0.25, -0.2) is 4.79 Å².